The minimum Gasteiger partial charge on any atom is -0.500 e. The Morgan fingerprint density at radius 3 is 1.68 bits per heavy atom. The van der Waals surface area contributed by atoms with Gasteiger partial charge in [0.05, 0.1) is 5.92 Å². The molecule has 0 aliphatic heterocycles. The number of hydrogen-bond donors (Lipinski definition) is 2. The Hall–Kier alpha value is -1.76. The van der Waals surface area contributed by atoms with E-state index >= 15 is 0 Å². The highest BCUT2D eigenvalue weighted by Gasteiger charge is 2.77. The average Bonchev–Trinajstić information content (AvgIpc) is 2.43. The molecule has 0 aromatic rings. The van der Waals surface area contributed by atoms with Gasteiger partial charge in [-0.2, -0.15) is 39.5 Å². The molecule has 2 unspecified atom stereocenters. The van der Waals surface area contributed by atoms with Crippen molar-refractivity contribution in [2.75, 3.05) is 0 Å². The van der Waals surface area contributed by atoms with Crippen molar-refractivity contribution in [3.05, 3.63) is 11.6 Å². The first-order valence-corrected chi connectivity index (χ1v) is 5.98. The number of aliphatic carboxylic acids is 1. The topological polar surface area (TPSA) is 57.5 Å². The third-order valence-electron chi connectivity index (χ3n) is 3.01. The molecule has 0 aromatic carbocycles. The van der Waals surface area contributed by atoms with E-state index in [0.29, 0.717) is 0 Å². The Morgan fingerprint density at radius 2 is 1.36 bits per heavy atom. The van der Waals surface area contributed by atoms with Crippen LogP contribution in [0.15, 0.2) is 11.6 Å². The molecule has 0 bridgehead atoms. The molecule has 2 atom stereocenters. The Morgan fingerprint density at radius 1 is 0.960 bits per heavy atom. The van der Waals surface area contributed by atoms with Crippen LogP contribution in [0.2, 0.25) is 0 Å². The zero-order chi connectivity index (χ0) is 20.6. The van der Waals surface area contributed by atoms with Crippen molar-refractivity contribution in [2.24, 2.45) is 5.92 Å². The predicted octanol–water partition coefficient (Wildman–Crippen LogP) is 4.64. The fourth-order valence-electron chi connectivity index (χ4n) is 1.38. The fourth-order valence-corrected chi connectivity index (χ4v) is 1.38. The largest absolute Gasteiger partial charge is 0.500 e. The van der Waals surface area contributed by atoms with Gasteiger partial charge in [0.15, 0.2) is 6.17 Å². The van der Waals surface area contributed by atoms with Crippen molar-refractivity contribution in [3.63, 3.8) is 0 Å². The number of carboxylic acid groups (broad SMARTS) is 1. The maximum absolute atomic E-state index is 13.3. The number of rotatable bonds is 7. The lowest BCUT2D eigenvalue weighted by atomic mass is 9.93. The standard InChI is InChI=1S/C11H9F11O3/c1-3(10(18,19)20)2-4(12)8(14,15)11(21,22)9(16,17)6(13)5(23)7(24)25/h3-4,23H,2H2,1H3,(H,24,25). The molecule has 0 fully saturated rings. The molecular weight excluding hydrogens is 389 g/mol. The van der Waals surface area contributed by atoms with Crippen LogP contribution in [0.3, 0.4) is 0 Å². The van der Waals surface area contributed by atoms with Gasteiger partial charge in [-0.1, -0.05) is 6.92 Å². The van der Waals surface area contributed by atoms with Gasteiger partial charge in [0.1, 0.15) is 0 Å². The highest BCUT2D eigenvalue weighted by molar-refractivity contribution is 5.84. The summed E-state index contributed by atoms with van der Waals surface area (Å²) in [6.07, 6.45) is -12.2. The Kier molecular flexibility index (Phi) is 6.38. The minimum absolute atomic E-state index is 0.107. The lowest BCUT2D eigenvalue weighted by Gasteiger charge is -2.34. The summed E-state index contributed by atoms with van der Waals surface area (Å²) in [6.45, 7) is 0.107. The van der Waals surface area contributed by atoms with Crippen LogP contribution in [-0.4, -0.2) is 46.3 Å². The second-order valence-electron chi connectivity index (χ2n) is 4.89. The molecule has 3 nitrogen and oxygen atoms in total. The molecule has 14 heteroatoms. The highest BCUT2D eigenvalue weighted by Crippen LogP contribution is 2.53. The van der Waals surface area contributed by atoms with Crippen LogP contribution in [0.1, 0.15) is 13.3 Å². The van der Waals surface area contributed by atoms with Gasteiger partial charge in [0.2, 0.25) is 11.6 Å². The number of aliphatic hydroxyl groups excluding tert-OH is 1. The molecule has 0 spiro atoms. The highest BCUT2D eigenvalue weighted by atomic mass is 19.4. The van der Waals surface area contributed by atoms with Crippen molar-refractivity contribution in [2.45, 2.75) is 43.5 Å². The van der Waals surface area contributed by atoms with Gasteiger partial charge in [0.25, 0.3) is 0 Å². The first-order chi connectivity index (χ1) is 10.8. The van der Waals surface area contributed by atoms with Crippen LogP contribution in [0.25, 0.3) is 0 Å². The summed E-state index contributed by atoms with van der Waals surface area (Å²) < 4.78 is 142. The summed E-state index contributed by atoms with van der Waals surface area (Å²) in [7, 11) is 0. The van der Waals surface area contributed by atoms with Crippen molar-refractivity contribution in [3.8, 4) is 0 Å². The molecule has 0 saturated heterocycles. The lowest BCUT2D eigenvalue weighted by Crippen LogP contribution is -2.59. The van der Waals surface area contributed by atoms with Gasteiger partial charge in [-0.3, -0.25) is 0 Å². The van der Waals surface area contributed by atoms with Crippen molar-refractivity contribution in [1.82, 2.24) is 0 Å². The first kappa shape index (κ1) is 23.2. The molecule has 0 aromatic heterocycles. The van der Waals surface area contributed by atoms with Crippen molar-refractivity contribution in [1.29, 1.82) is 0 Å². The zero-order valence-electron chi connectivity index (χ0n) is 11.8. The molecule has 2 N–H and O–H groups in total. The monoisotopic (exact) mass is 398 g/mol. The second kappa shape index (κ2) is 6.86. The predicted molar refractivity (Wildman–Crippen MR) is 58.0 cm³/mol. The quantitative estimate of drug-likeness (QED) is 0.373. The van der Waals surface area contributed by atoms with E-state index in [0.717, 1.165) is 0 Å². The molecule has 0 radical (unpaired) electrons. The van der Waals surface area contributed by atoms with Gasteiger partial charge in [0, 0.05) is 0 Å². The van der Waals surface area contributed by atoms with Crippen LogP contribution in [-0.2, 0) is 4.79 Å². The van der Waals surface area contributed by atoms with E-state index in [1.807, 2.05) is 0 Å². The fraction of sp³-hybridized carbons (Fsp3) is 0.727. The summed E-state index contributed by atoms with van der Waals surface area (Å²) in [6, 6.07) is 0. The summed E-state index contributed by atoms with van der Waals surface area (Å²) in [4.78, 5) is 10.0. The summed E-state index contributed by atoms with van der Waals surface area (Å²) >= 11 is 0. The van der Waals surface area contributed by atoms with E-state index in [1.165, 1.54) is 0 Å². The van der Waals surface area contributed by atoms with Crippen LogP contribution in [0.5, 0.6) is 0 Å². The van der Waals surface area contributed by atoms with Crippen LogP contribution < -0.4 is 0 Å². The van der Waals surface area contributed by atoms with E-state index in [1.54, 1.807) is 0 Å². The van der Waals surface area contributed by atoms with Crippen LogP contribution >= 0.6 is 0 Å². The van der Waals surface area contributed by atoms with Gasteiger partial charge in [-0.25, -0.2) is 13.6 Å². The molecule has 0 aliphatic rings. The third-order valence-corrected chi connectivity index (χ3v) is 3.01. The molecular formula is C11H9F11O3. The smallest absolute Gasteiger partial charge is 0.391 e. The van der Waals surface area contributed by atoms with Gasteiger partial charge >= 0.3 is 29.9 Å². The summed E-state index contributed by atoms with van der Waals surface area (Å²) in [5.74, 6) is -33.1. The van der Waals surface area contributed by atoms with E-state index in [2.05, 4.69) is 0 Å². The number of halogens is 11. The SMILES string of the molecule is CC(CC(F)C(F)(F)C(F)(F)C(F)(F)C(F)=C(O)C(=O)O)C(F)(F)F. The Labute approximate surface area is 131 Å². The Balaban J connectivity index is 5.88. The zero-order valence-corrected chi connectivity index (χ0v) is 11.8. The molecule has 0 saturated carbocycles. The third kappa shape index (κ3) is 4.26. The minimum atomic E-state index is -7.00. The van der Waals surface area contributed by atoms with Crippen LogP contribution in [0, 0.1) is 5.92 Å². The molecule has 0 amide bonds. The second-order valence-corrected chi connectivity index (χ2v) is 4.89. The maximum atomic E-state index is 13.3. The van der Waals surface area contributed by atoms with E-state index in [-0.39, 0.29) is 6.92 Å². The summed E-state index contributed by atoms with van der Waals surface area (Å²) in [5, 5.41) is 16.3. The van der Waals surface area contributed by atoms with Gasteiger partial charge < -0.3 is 10.2 Å². The maximum Gasteiger partial charge on any atom is 0.391 e. The van der Waals surface area contributed by atoms with Crippen molar-refractivity contribution >= 4 is 5.97 Å². The first-order valence-electron chi connectivity index (χ1n) is 5.98. The van der Waals surface area contributed by atoms with Crippen LogP contribution in [0.4, 0.5) is 48.3 Å². The molecule has 0 aliphatic carbocycles. The number of aliphatic hydroxyl groups is 1. The lowest BCUT2D eigenvalue weighted by molar-refractivity contribution is -0.320. The summed E-state index contributed by atoms with van der Waals surface area (Å²) in [5.41, 5.74) is 0. The Bertz CT molecular complexity index is 538. The van der Waals surface area contributed by atoms with Crippen molar-refractivity contribution < 1.29 is 63.3 Å². The average molecular weight is 398 g/mol. The molecule has 25 heavy (non-hydrogen) atoms. The van der Waals surface area contributed by atoms with Gasteiger partial charge in [-0.15, -0.1) is 0 Å². The number of alkyl halides is 10. The number of hydrogen-bond acceptors (Lipinski definition) is 2. The molecule has 148 valence electrons. The number of carboxylic acids is 1. The van der Waals surface area contributed by atoms with Gasteiger partial charge in [-0.05, 0) is 6.42 Å². The van der Waals surface area contributed by atoms with E-state index < -0.39 is 60.0 Å². The molecule has 0 rings (SSSR count). The number of allylic oxidation sites excluding steroid dienone is 1. The molecule has 0 heterocycles. The number of carbonyl (C=O) groups is 1. The van der Waals surface area contributed by atoms with E-state index in [4.69, 9.17) is 10.2 Å². The van der Waals surface area contributed by atoms with E-state index in [9.17, 15) is 53.1 Å². The normalized spacial score (nSPS) is 17.8.